The van der Waals surface area contributed by atoms with Gasteiger partial charge in [-0.1, -0.05) is 55.1 Å². The van der Waals surface area contributed by atoms with E-state index in [1.807, 2.05) is 48.5 Å². The number of hydrogen-bond acceptors (Lipinski definition) is 7. The molecular weight excluding hydrogens is 428 g/mol. The Balaban J connectivity index is 1.56. The number of aromatic amines is 1. The van der Waals surface area contributed by atoms with Gasteiger partial charge in [0.2, 0.25) is 5.91 Å². The van der Waals surface area contributed by atoms with Crippen LogP contribution in [0.3, 0.4) is 0 Å². The summed E-state index contributed by atoms with van der Waals surface area (Å²) in [7, 11) is 0. The van der Waals surface area contributed by atoms with Crippen LogP contribution in [0, 0.1) is 5.92 Å². The lowest BCUT2D eigenvalue weighted by atomic mass is 9.91. The number of carbonyl (C=O) groups excluding carboxylic acids is 1. The summed E-state index contributed by atoms with van der Waals surface area (Å²) in [5.74, 6) is 0.652. The number of anilines is 1. The lowest BCUT2D eigenvalue weighted by Crippen LogP contribution is -2.38. The van der Waals surface area contributed by atoms with Crippen LogP contribution in [-0.4, -0.2) is 38.1 Å². The van der Waals surface area contributed by atoms with E-state index in [4.69, 9.17) is 9.47 Å². The van der Waals surface area contributed by atoms with E-state index in [0.717, 1.165) is 27.5 Å². The Morgan fingerprint density at radius 3 is 2.47 bits per heavy atom. The van der Waals surface area contributed by atoms with E-state index in [9.17, 15) is 9.90 Å². The molecule has 2 heterocycles. The van der Waals surface area contributed by atoms with Gasteiger partial charge in [0.15, 0.2) is 11.4 Å². The Hall–Kier alpha value is -2.72. The molecule has 0 saturated carbocycles. The van der Waals surface area contributed by atoms with E-state index < -0.39 is 6.29 Å². The number of ether oxygens (including phenoxy) is 2. The number of rotatable bonds is 7. The number of H-pyrrole nitrogens is 1. The molecule has 1 fully saturated rings. The molecule has 0 unspecified atom stereocenters. The highest BCUT2D eigenvalue weighted by atomic mass is 32.2. The lowest BCUT2D eigenvalue weighted by molar-refractivity contribution is -0.268. The molecule has 32 heavy (non-hydrogen) atoms. The number of amides is 1. The zero-order chi connectivity index (χ0) is 22.5. The predicted octanol–water partition coefficient (Wildman–Crippen LogP) is 3.84. The van der Waals surface area contributed by atoms with Crippen LogP contribution >= 0.6 is 11.8 Å². The number of aromatic nitrogens is 3. The number of nitrogens with one attached hydrogen (secondary N) is 2. The van der Waals surface area contributed by atoms with E-state index in [0.29, 0.717) is 5.75 Å². The molecule has 0 aliphatic carbocycles. The first-order valence-electron chi connectivity index (χ1n) is 10.4. The molecule has 1 amide bonds. The van der Waals surface area contributed by atoms with Crippen molar-refractivity contribution < 1.29 is 19.4 Å². The van der Waals surface area contributed by atoms with Gasteiger partial charge in [-0.05, 0) is 23.3 Å². The molecule has 4 atom stereocenters. The van der Waals surface area contributed by atoms with Gasteiger partial charge in [-0.15, -0.1) is 0 Å². The summed E-state index contributed by atoms with van der Waals surface area (Å²) in [5.41, 5.74) is 3.49. The molecule has 0 spiro atoms. The summed E-state index contributed by atoms with van der Waals surface area (Å²) in [6.45, 7) is 3.60. The summed E-state index contributed by atoms with van der Waals surface area (Å²) >= 11 is 1.56. The van der Waals surface area contributed by atoms with Gasteiger partial charge in [-0.25, -0.2) is 4.98 Å². The third kappa shape index (κ3) is 5.36. The molecule has 1 aliphatic rings. The summed E-state index contributed by atoms with van der Waals surface area (Å²) in [6.07, 6.45) is 0.653. The fraction of sp³-hybridized carbons (Fsp3) is 0.348. The Morgan fingerprint density at radius 1 is 1.12 bits per heavy atom. The molecule has 0 radical (unpaired) electrons. The highest BCUT2D eigenvalue weighted by molar-refractivity contribution is 7.99. The second-order valence-corrected chi connectivity index (χ2v) is 8.74. The van der Waals surface area contributed by atoms with Crippen molar-refractivity contribution in [1.29, 1.82) is 0 Å². The van der Waals surface area contributed by atoms with Gasteiger partial charge in [0.05, 0.1) is 18.8 Å². The van der Waals surface area contributed by atoms with Crippen molar-refractivity contribution in [2.24, 2.45) is 5.92 Å². The first-order valence-corrected chi connectivity index (χ1v) is 11.4. The summed E-state index contributed by atoms with van der Waals surface area (Å²) in [5, 5.41) is 19.7. The molecule has 2 aromatic carbocycles. The lowest BCUT2D eigenvalue weighted by Gasteiger charge is -2.41. The Morgan fingerprint density at radius 2 is 1.84 bits per heavy atom. The molecule has 1 aliphatic heterocycles. The Kier molecular flexibility index (Phi) is 7.21. The van der Waals surface area contributed by atoms with Gasteiger partial charge in [-0.3, -0.25) is 9.89 Å². The number of aliphatic hydroxyl groups excluding tert-OH is 1. The van der Waals surface area contributed by atoms with Crippen LogP contribution in [-0.2, 0) is 20.9 Å². The van der Waals surface area contributed by atoms with Crippen LogP contribution in [0.15, 0.2) is 60.0 Å². The summed E-state index contributed by atoms with van der Waals surface area (Å²) < 4.78 is 12.8. The topological polar surface area (TPSA) is 109 Å². The number of carbonyl (C=O) groups is 1. The molecule has 1 saturated heterocycles. The normalized spacial score (nSPS) is 23.1. The van der Waals surface area contributed by atoms with E-state index in [1.165, 1.54) is 13.3 Å². The third-order valence-corrected chi connectivity index (χ3v) is 6.37. The van der Waals surface area contributed by atoms with Crippen LogP contribution in [0.1, 0.15) is 42.9 Å². The zero-order valence-corrected chi connectivity index (χ0v) is 18.7. The van der Waals surface area contributed by atoms with Crippen molar-refractivity contribution in [3.05, 3.63) is 71.5 Å². The average molecular weight is 455 g/mol. The molecule has 1 aromatic heterocycles. The first-order chi connectivity index (χ1) is 15.5. The zero-order valence-electron chi connectivity index (χ0n) is 17.9. The standard InChI is InChI=1S/C23H26N4O4S/c1-14-20(12-32-23-24-13-25-27-23)30-22(18-7-9-19(10-8-18)26-15(2)29)31-21(14)17-5-3-16(11-28)4-6-17/h3-10,13-14,20-22,28H,11-12H2,1-2H3,(H,26,29)(H,24,25,27)/t14-,20+,21+,22+/m1/s1. The molecular formula is C23H26N4O4S. The first kappa shape index (κ1) is 22.5. The van der Waals surface area contributed by atoms with Crippen LogP contribution in [0.25, 0.3) is 0 Å². The van der Waals surface area contributed by atoms with Crippen LogP contribution < -0.4 is 5.32 Å². The molecule has 9 heteroatoms. The maximum absolute atomic E-state index is 11.3. The number of aliphatic hydroxyl groups is 1. The van der Waals surface area contributed by atoms with E-state index >= 15 is 0 Å². The molecule has 168 valence electrons. The molecule has 4 rings (SSSR count). The van der Waals surface area contributed by atoms with Gasteiger partial charge in [0.1, 0.15) is 6.33 Å². The largest absolute Gasteiger partial charge is 0.392 e. The van der Waals surface area contributed by atoms with Crippen LogP contribution in [0.5, 0.6) is 0 Å². The van der Waals surface area contributed by atoms with Crippen LogP contribution in [0.4, 0.5) is 5.69 Å². The van der Waals surface area contributed by atoms with Crippen molar-refractivity contribution >= 4 is 23.4 Å². The van der Waals surface area contributed by atoms with Crippen molar-refractivity contribution in [2.75, 3.05) is 11.1 Å². The molecule has 3 N–H and O–H groups in total. The summed E-state index contributed by atoms with van der Waals surface area (Å²) in [6, 6.07) is 15.3. The minimum absolute atomic E-state index is 0.00415. The Labute approximate surface area is 190 Å². The van der Waals surface area contributed by atoms with Gasteiger partial charge < -0.3 is 19.9 Å². The minimum Gasteiger partial charge on any atom is -0.392 e. The molecule has 8 nitrogen and oxygen atoms in total. The van der Waals surface area contributed by atoms with E-state index in [-0.39, 0.29) is 30.6 Å². The number of nitrogens with zero attached hydrogens (tertiary/aromatic N) is 2. The van der Waals surface area contributed by atoms with Gasteiger partial charge in [0.25, 0.3) is 0 Å². The SMILES string of the molecule is CC(=O)Nc1ccc([C@H]2O[C@@H](CSc3ncn[nH]3)[C@@H](C)[C@@H](c3ccc(CO)cc3)O2)cc1. The highest BCUT2D eigenvalue weighted by Gasteiger charge is 2.38. The maximum atomic E-state index is 11.3. The van der Waals surface area contributed by atoms with Crippen molar-refractivity contribution in [1.82, 2.24) is 15.2 Å². The number of hydrogen-bond donors (Lipinski definition) is 3. The molecule has 0 bridgehead atoms. The second kappa shape index (κ2) is 10.3. The van der Waals surface area contributed by atoms with Crippen LogP contribution in [0.2, 0.25) is 0 Å². The van der Waals surface area contributed by atoms with Crippen molar-refractivity contribution in [2.45, 2.75) is 44.1 Å². The quantitative estimate of drug-likeness (QED) is 0.465. The van der Waals surface area contributed by atoms with Gasteiger partial charge >= 0.3 is 0 Å². The van der Waals surface area contributed by atoms with Gasteiger partial charge in [0, 0.05) is 29.8 Å². The fourth-order valence-electron chi connectivity index (χ4n) is 3.66. The second-order valence-electron chi connectivity index (χ2n) is 7.73. The van der Waals surface area contributed by atoms with E-state index in [2.05, 4.69) is 27.4 Å². The van der Waals surface area contributed by atoms with E-state index in [1.54, 1.807) is 11.8 Å². The third-order valence-electron chi connectivity index (χ3n) is 5.40. The average Bonchev–Trinajstić information content (AvgIpc) is 3.32. The fourth-order valence-corrected chi connectivity index (χ4v) is 4.60. The minimum atomic E-state index is -0.555. The van der Waals surface area contributed by atoms with Crippen molar-refractivity contribution in [3.63, 3.8) is 0 Å². The summed E-state index contributed by atoms with van der Waals surface area (Å²) in [4.78, 5) is 15.5. The predicted molar refractivity (Wildman–Crippen MR) is 121 cm³/mol. The van der Waals surface area contributed by atoms with Gasteiger partial charge in [-0.2, -0.15) is 5.10 Å². The number of benzene rings is 2. The maximum Gasteiger partial charge on any atom is 0.221 e. The monoisotopic (exact) mass is 454 g/mol. The van der Waals surface area contributed by atoms with Crippen molar-refractivity contribution in [3.8, 4) is 0 Å². The molecule has 3 aromatic rings. The number of thioether (sulfide) groups is 1. The smallest absolute Gasteiger partial charge is 0.221 e. The highest BCUT2D eigenvalue weighted by Crippen LogP contribution is 2.42. The Bertz CT molecular complexity index is 1010.